The highest BCUT2D eigenvalue weighted by atomic mass is 79.9. The Labute approximate surface area is 179 Å². The molecule has 3 rings (SSSR count). The largest absolute Gasteiger partial charge is 0.506 e. The number of hydrogen-bond acceptors (Lipinski definition) is 6. The fourth-order valence-corrected chi connectivity index (χ4v) is 6.00. The first-order valence-electron chi connectivity index (χ1n) is 7.99. The number of carbonyl (C=O) groups excluding carboxylic acids is 1. The number of thioether (sulfide) groups is 2. The fourth-order valence-electron chi connectivity index (χ4n) is 2.31. The molecule has 0 radical (unpaired) electrons. The maximum Gasteiger partial charge on any atom is 0.277 e. The Balaban J connectivity index is 1.48. The van der Waals surface area contributed by atoms with Gasteiger partial charge in [-0.3, -0.25) is 4.79 Å². The first-order chi connectivity index (χ1) is 13.0. The number of phenolic OH excluding ortho intramolecular Hbond substituents is 1. The van der Waals surface area contributed by atoms with Crippen molar-refractivity contribution in [3.8, 4) is 11.5 Å². The zero-order valence-corrected chi connectivity index (χ0v) is 18.0. The lowest BCUT2D eigenvalue weighted by Crippen LogP contribution is -2.24. The number of amides is 1. The van der Waals surface area contributed by atoms with E-state index in [1.54, 1.807) is 6.07 Å². The highest BCUT2D eigenvalue weighted by Gasteiger charge is 2.18. The maximum atomic E-state index is 11.8. The summed E-state index contributed by atoms with van der Waals surface area (Å²) in [7, 11) is 0. The molecule has 2 aromatic carbocycles. The monoisotopic (exact) mass is 486 g/mol. The van der Waals surface area contributed by atoms with Gasteiger partial charge in [0.1, 0.15) is 11.5 Å². The number of aromatic hydroxyl groups is 1. The van der Waals surface area contributed by atoms with E-state index >= 15 is 0 Å². The molecule has 5 nitrogen and oxygen atoms in total. The standard InChI is InChI=1S/C18H16BrClN2O3S2/c19-15-8-13(20)7-12(17(15)24)9-21-22-16(23)10-25-14-3-1-11(2-4-14)18-26-5-6-27-18/h1-4,7-9,18,24H,5-6,10H2,(H,22,23)/b21-9-. The Morgan fingerprint density at radius 1 is 1.33 bits per heavy atom. The van der Waals surface area contributed by atoms with Gasteiger partial charge in [-0.15, -0.1) is 23.5 Å². The van der Waals surface area contributed by atoms with E-state index in [1.807, 2.05) is 47.8 Å². The molecule has 1 fully saturated rings. The molecule has 1 heterocycles. The quantitative estimate of drug-likeness (QED) is 0.452. The predicted octanol–water partition coefficient (Wildman–Crippen LogP) is 4.82. The van der Waals surface area contributed by atoms with E-state index in [9.17, 15) is 9.90 Å². The van der Waals surface area contributed by atoms with Crippen molar-refractivity contribution in [3.05, 3.63) is 57.0 Å². The van der Waals surface area contributed by atoms with E-state index in [-0.39, 0.29) is 12.4 Å². The van der Waals surface area contributed by atoms with Gasteiger partial charge in [-0.1, -0.05) is 23.7 Å². The van der Waals surface area contributed by atoms with Gasteiger partial charge in [-0.2, -0.15) is 5.10 Å². The summed E-state index contributed by atoms with van der Waals surface area (Å²) < 4.78 is 6.41. The zero-order valence-electron chi connectivity index (χ0n) is 14.0. The van der Waals surface area contributed by atoms with Crippen molar-refractivity contribution < 1.29 is 14.6 Å². The van der Waals surface area contributed by atoms with E-state index in [0.717, 1.165) is 0 Å². The normalized spacial score (nSPS) is 14.6. The van der Waals surface area contributed by atoms with Crippen LogP contribution in [0.15, 0.2) is 46.0 Å². The van der Waals surface area contributed by atoms with E-state index in [2.05, 4.69) is 26.5 Å². The highest BCUT2D eigenvalue weighted by Crippen LogP contribution is 2.45. The number of hydrogen-bond donors (Lipinski definition) is 2. The number of carbonyl (C=O) groups is 1. The summed E-state index contributed by atoms with van der Waals surface area (Å²) >= 11 is 13.0. The minimum absolute atomic E-state index is 0.00710. The van der Waals surface area contributed by atoms with Gasteiger partial charge in [0.15, 0.2) is 6.61 Å². The van der Waals surface area contributed by atoms with Crippen molar-refractivity contribution in [2.24, 2.45) is 5.10 Å². The molecule has 0 bridgehead atoms. The van der Waals surface area contributed by atoms with Crippen molar-refractivity contribution in [1.82, 2.24) is 5.43 Å². The topological polar surface area (TPSA) is 70.9 Å². The maximum absolute atomic E-state index is 11.8. The molecule has 2 N–H and O–H groups in total. The molecule has 1 amide bonds. The Hall–Kier alpha value is -1.35. The minimum Gasteiger partial charge on any atom is -0.506 e. The van der Waals surface area contributed by atoms with Crippen molar-refractivity contribution in [1.29, 1.82) is 0 Å². The Kier molecular flexibility index (Phi) is 7.34. The van der Waals surface area contributed by atoms with Crippen molar-refractivity contribution in [3.63, 3.8) is 0 Å². The number of benzene rings is 2. The lowest BCUT2D eigenvalue weighted by molar-refractivity contribution is -0.123. The second kappa shape index (κ2) is 9.73. The molecule has 0 saturated carbocycles. The summed E-state index contributed by atoms with van der Waals surface area (Å²) in [6.07, 6.45) is 1.32. The average Bonchev–Trinajstić information content (AvgIpc) is 3.19. The smallest absolute Gasteiger partial charge is 0.277 e. The molecule has 0 atom stereocenters. The molecule has 9 heteroatoms. The van der Waals surface area contributed by atoms with Crippen LogP contribution in [0.5, 0.6) is 11.5 Å². The number of hydrazone groups is 1. The van der Waals surface area contributed by atoms with Crippen LogP contribution in [0.3, 0.4) is 0 Å². The molecule has 1 saturated heterocycles. The van der Waals surface area contributed by atoms with Gasteiger partial charge in [0, 0.05) is 22.1 Å². The summed E-state index contributed by atoms with van der Waals surface area (Å²) in [6, 6.07) is 10.9. The Bertz CT molecular complexity index is 843. The van der Waals surface area contributed by atoms with Crippen LogP contribution in [0, 0.1) is 0 Å². The summed E-state index contributed by atoms with van der Waals surface area (Å²) in [5.74, 6) is 2.57. The van der Waals surface area contributed by atoms with E-state index in [4.69, 9.17) is 16.3 Å². The number of ether oxygens (including phenoxy) is 1. The van der Waals surface area contributed by atoms with Crippen LogP contribution in [0.4, 0.5) is 0 Å². The third kappa shape index (κ3) is 5.81. The van der Waals surface area contributed by atoms with Crippen LogP contribution in [0.2, 0.25) is 5.02 Å². The SMILES string of the molecule is O=C(COc1ccc(C2SCCS2)cc1)N/N=C\c1cc(Cl)cc(Br)c1O. The van der Waals surface area contributed by atoms with Crippen molar-refractivity contribution >= 4 is 63.2 Å². The van der Waals surface area contributed by atoms with E-state index < -0.39 is 5.91 Å². The van der Waals surface area contributed by atoms with Crippen LogP contribution >= 0.6 is 51.1 Å². The molecule has 0 unspecified atom stereocenters. The number of phenols is 1. The molecular weight excluding hydrogens is 472 g/mol. The molecule has 0 spiro atoms. The lowest BCUT2D eigenvalue weighted by atomic mass is 10.2. The highest BCUT2D eigenvalue weighted by molar-refractivity contribution is 9.10. The second-order valence-electron chi connectivity index (χ2n) is 5.55. The average molecular weight is 488 g/mol. The molecule has 0 aromatic heterocycles. The first-order valence-corrected chi connectivity index (χ1v) is 11.3. The Morgan fingerprint density at radius 2 is 2.04 bits per heavy atom. The Morgan fingerprint density at radius 3 is 2.74 bits per heavy atom. The lowest BCUT2D eigenvalue weighted by Gasteiger charge is -2.10. The van der Waals surface area contributed by atoms with Crippen LogP contribution in [-0.4, -0.2) is 35.3 Å². The van der Waals surface area contributed by atoms with Gasteiger partial charge in [0.25, 0.3) is 5.91 Å². The van der Waals surface area contributed by atoms with Gasteiger partial charge in [-0.25, -0.2) is 5.43 Å². The van der Waals surface area contributed by atoms with Crippen LogP contribution in [-0.2, 0) is 4.79 Å². The van der Waals surface area contributed by atoms with Gasteiger partial charge >= 0.3 is 0 Å². The molecule has 142 valence electrons. The van der Waals surface area contributed by atoms with Crippen molar-refractivity contribution in [2.75, 3.05) is 18.1 Å². The van der Waals surface area contributed by atoms with Crippen molar-refractivity contribution in [2.45, 2.75) is 4.58 Å². The molecule has 2 aromatic rings. The predicted molar refractivity (Wildman–Crippen MR) is 116 cm³/mol. The summed E-state index contributed by atoms with van der Waals surface area (Å²) in [6.45, 7) is -0.158. The molecule has 27 heavy (non-hydrogen) atoms. The first kappa shape index (κ1) is 20.4. The number of rotatable bonds is 6. The number of halogens is 2. The second-order valence-corrected chi connectivity index (χ2v) is 9.56. The summed E-state index contributed by atoms with van der Waals surface area (Å²) in [5.41, 5.74) is 4.00. The number of nitrogens with zero attached hydrogens (tertiary/aromatic N) is 1. The van der Waals surface area contributed by atoms with E-state index in [1.165, 1.54) is 29.4 Å². The molecule has 1 aliphatic rings. The van der Waals surface area contributed by atoms with Crippen LogP contribution < -0.4 is 10.2 Å². The minimum atomic E-state index is -0.405. The molecule has 1 aliphatic heterocycles. The third-order valence-corrected chi connectivity index (χ3v) is 7.52. The third-order valence-electron chi connectivity index (χ3n) is 3.59. The molecule has 0 aliphatic carbocycles. The van der Waals surface area contributed by atoms with Crippen LogP contribution in [0.25, 0.3) is 0 Å². The van der Waals surface area contributed by atoms with Crippen LogP contribution in [0.1, 0.15) is 15.7 Å². The number of nitrogens with one attached hydrogen (secondary N) is 1. The van der Waals surface area contributed by atoms with Gasteiger partial charge < -0.3 is 9.84 Å². The van der Waals surface area contributed by atoms with Gasteiger partial charge in [0.2, 0.25) is 0 Å². The summed E-state index contributed by atoms with van der Waals surface area (Å²) in [5, 5.41) is 14.2. The fraction of sp³-hybridized carbons (Fsp3) is 0.222. The van der Waals surface area contributed by atoms with Gasteiger partial charge in [-0.05, 0) is 45.8 Å². The summed E-state index contributed by atoms with van der Waals surface area (Å²) in [4.78, 5) is 11.8. The van der Waals surface area contributed by atoms with E-state index in [0.29, 0.717) is 25.4 Å². The zero-order chi connectivity index (χ0) is 19.2. The van der Waals surface area contributed by atoms with Gasteiger partial charge in [0.05, 0.1) is 15.3 Å². The molecular formula is C18H16BrClN2O3S2.